The van der Waals surface area contributed by atoms with Crippen LogP contribution >= 0.6 is 0 Å². The molecule has 0 aliphatic carbocycles. The second-order valence-corrected chi connectivity index (χ2v) is 6.21. The van der Waals surface area contributed by atoms with E-state index in [9.17, 15) is 0 Å². The fourth-order valence-corrected chi connectivity index (χ4v) is 3.80. The SMILES string of the molecule is COc1cccc(C(CN)N2CCC(N3CCCC3)C2)c1. The number of benzene rings is 1. The van der Waals surface area contributed by atoms with Crippen molar-refractivity contribution >= 4 is 0 Å². The molecule has 1 aromatic carbocycles. The summed E-state index contributed by atoms with van der Waals surface area (Å²) in [5.41, 5.74) is 7.36. The number of rotatable bonds is 5. The maximum Gasteiger partial charge on any atom is 0.119 e. The molecule has 3 rings (SSSR count). The highest BCUT2D eigenvalue weighted by atomic mass is 16.5. The first kappa shape index (κ1) is 14.8. The van der Waals surface area contributed by atoms with E-state index in [1.165, 1.54) is 37.9 Å². The predicted octanol–water partition coefficient (Wildman–Crippen LogP) is 1.87. The summed E-state index contributed by atoms with van der Waals surface area (Å²) in [6.07, 6.45) is 4.01. The monoisotopic (exact) mass is 289 g/mol. The zero-order chi connectivity index (χ0) is 14.7. The fraction of sp³-hybridized carbons (Fsp3) is 0.647. The number of ether oxygens (including phenoxy) is 1. The summed E-state index contributed by atoms with van der Waals surface area (Å²) in [5.74, 6) is 0.918. The zero-order valence-corrected chi connectivity index (χ0v) is 13.0. The summed E-state index contributed by atoms with van der Waals surface area (Å²) in [4.78, 5) is 5.22. The van der Waals surface area contributed by atoms with Crippen LogP contribution in [0.4, 0.5) is 0 Å². The zero-order valence-electron chi connectivity index (χ0n) is 13.0. The van der Waals surface area contributed by atoms with E-state index in [1.807, 2.05) is 6.07 Å². The summed E-state index contributed by atoms with van der Waals surface area (Å²) >= 11 is 0. The molecule has 116 valence electrons. The molecule has 0 aromatic heterocycles. The molecular weight excluding hydrogens is 262 g/mol. The number of hydrogen-bond acceptors (Lipinski definition) is 4. The van der Waals surface area contributed by atoms with Gasteiger partial charge in [0.15, 0.2) is 0 Å². The molecule has 2 unspecified atom stereocenters. The van der Waals surface area contributed by atoms with Crippen LogP contribution in [0.2, 0.25) is 0 Å². The van der Waals surface area contributed by atoms with Crippen molar-refractivity contribution in [3.05, 3.63) is 29.8 Å². The second-order valence-electron chi connectivity index (χ2n) is 6.21. The van der Waals surface area contributed by atoms with Gasteiger partial charge in [-0.25, -0.2) is 0 Å². The van der Waals surface area contributed by atoms with Crippen molar-refractivity contribution in [2.24, 2.45) is 5.73 Å². The third-order valence-corrected chi connectivity index (χ3v) is 4.99. The van der Waals surface area contributed by atoms with Crippen LogP contribution in [0.25, 0.3) is 0 Å². The quantitative estimate of drug-likeness (QED) is 0.898. The molecule has 0 radical (unpaired) electrons. The van der Waals surface area contributed by atoms with Crippen molar-refractivity contribution in [3.8, 4) is 5.75 Å². The van der Waals surface area contributed by atoms with Crippen LogP contribution in [0.15, 0.2) is 24.3 Å². The summed E-state index contributed by atoms with van der Waals surface area (Å²) in [6, 6.07) is 9.39. The van der Waals surface area contributed by atoms with E-state index in [1.54, 1.807) is 7.11 Å². The van der Waals surface area contributed by atoms with Gasteiger partial charge in [-0.1, -0.05) is 12.1 Å². The van der Waals surface area contributed by atoms with Crippen molar-refractivity contribution in [3.63, 3.8) is 0 Å². The Labute approximate surface area is 127 Å². The highest BCUT2D eigenvalue weighted by Gasteiger charge is 2.32. The summed E-state index contributed by atoms with van der Waals surface area (Å²) in [5, 5.41) is 0. The van der Waals surface area contributed by atoms with Crippen molar-refractivity contribution in [1.29, 1.82) is 0 Å². The Bertz CT molecular complexity index is 459. The van der Waals surface area contributed by atoms with Crippen molar-refractivity contribution in [2.75, 3.05) is 39.8 Å². The van der Waals surface area contributed by atoms with E-state index in [2.05, 4.69) is 28.0 Å². The van der Waals surface area contributed by atoms with Gasteiger partial charge in [-0.2, -0.15) is 0 Å². The van der Waals surface area contributed by atoms with E-state index in [0.29, 0.717) is 12.6 Å². The average Bonchev–Trinajstić information content (AvgIpc) is 3.19. The molecule has 2 heterocycles. The Morgan fingerprint density at radius 1 is 1.29 bits per heavy atom. The molecule has 0 bridgehead atoms. The van der Waals surface area contributed by atoms with Crippen LogP contribution in [0.3, 0.4) is 0 Å². The van der Waals surface area contributed by atoms with Gasteiger partial charge in [0.1, 0.15) is 5.75 Å². The van der Waals surface area contributed by atoms with Gasteiger partial charge in [0.05, 0.1) is 7.11 Å². The minimum Gasteiger partial charge on any atom is -0.497 e. The van der Waals surface area contributed by atoms with Gasteiger partial charge in [0.25, 0.3) is 0 Å². The molecule has 0 spiro atoms. The van der Waals surface area contributed by atoms with Crippen molar-refractivity contribution in [2.45, 2.75) is 31.3 Å². The molecule has 2 aliphatic rings. The van der Waals surface area contributed by atoms with Gasteiger partial charge >= 0.3 is 0 Å². The van der Waals surface area contributed by atoms with E-state index in [-0.39, 0.29) is 0 Å². The first-order valence-corrected chi connectivity index (χ1v) is 8.14. The smallest absolute Gasteiger partial charge is 0.119 e. The molecule has 21 heavy (non-hydrogen) atoms. The van der Waals surface area contributed by atoms with Gasteiger partial charge in [0, 0.05) is 31.7 Å². The topological polar surface area (TPSA) is 41.7 Å². The molecule has 2 fully saturated rings. The van der Waals surface area contributed by atoms with E-state index >= 15 is 0 Å². The van der Waals surface area contributed by atoms with Gasteiger partial charge in [-0.05, 0) is 50.0 Å². The Hall–Kier alpha value is -1.10. The minimum atomic E-state index is 0.313. The second kappa shape index (κ2) is 6.77. The standard InChI is InChI=1S/C17H27N3O/c1-21-16-6-4-5-14(11-16)17(12-18)20-10-7-15(13-20)19-8-2-3-9-19/h4-6,11,15,17H,2-3,7-10,12-13,18H2,1H3. The van der Waals surface area contributed by atoms with Crippen molar-refractivity contribution < 1.29 is 4.74 Å². The van der Waals surface area contributed by atoms with Crippen LogP contribution in [-0.2, 0) is 0 Å². The molecule has 2 N–H and O–H groups in total. The highest BCUT2D eigenvalue weighted by molar-refractivity contribution is 5.31. The largest absolute Gasteiger partial charge is 0.497 e. The van der Waals surface area contributed by atoms with Crippen LogP contribution in [-0.4, -0.2) is 55.7 Å². The van der Waals surface area contributed by atoms with Crippen LogP contribution < -0.4 is 10.5 Å². The molecular formula is C17H27N3O. The summed E-state index contributed by atoms with van der Waals surface area (Å²) in [7, 11) is 1.72. The lowest BCUT2D eigenvalue weighted by atomic mass is 10.1. The Morgan fingerprint density at radius 3 is 2.81 bits per heavy atom. The van der Waals surface area contributed by atoms with Gasteiger partial charge in [0.2, 0.25) is 0 Å². The first-order valence-electron chi connectivity index (χ1n) is 8.14. The lowest BCUT2D eigenvalue weighted by Crippen LogP contribution is -2.38. The average molecular weight is 289 g/mol. The van der Waals surface area contributed by atoms with Crippen LogP contribution in [0.1, 0.15) is 30.9 Å². The Kier molecular flexibility index (Phi) is 4.78. The molecule has 2 aliphatic heterocycles. The number of likely N-dealkylation sites (tertiary alicyclic amines) is 2. The van der Waals surface area contributed by atoms with Crippen LogP contribution in [0.5, 0.6) is 5.75 Å². The first-order chi connectivity index (χ1) is 10.3. The maximum absolute atomic E-state index is 6.08. The van der Waals surface area contributed by atoms with E-state index in [0.717, 1.165) is 24.9 Å². The summed E-state index contributed by atoms with van der Waals surface area (Å²) in [6.45, 7) is 5.54. The molecule has 4 heteroatoms. The Balaban J connectivity index is 1.68. The molecule has 1 aromatic rings. The van der Waals surface area contributed by atoms with Gasteiger partial charge < -0.3 is 10.5 Å². The number of methoxy groups -OCH3 is 1. The Morgan fingerprint density at radius 2 is 2.10 bits per heavy atom. The van der Waals surface area contributed by atoms with E-state index in [4.69, 9.17) is 10.5 Å². The molecule has 2 saturated heterocycles. The molecule has 2 atom stereocenters. The highest BCUT2D eigenvalue weighted by Crippen LogP contribution is 2.29. The van der Waals surface area contributed by atoms with Crippen LogP contribution in [0, 0.1) is 0 Å². The molecule has 0 saturated carbocycles. The van der Waals surface area contributed by atoms with Gasteiger partial charge in [-0.3, -0.25) is 9.80 Å². The number of nitrogens with zero attached hydrogens (tertiary/aromatic N) is 2. The molecule has 4 nitrogen and oxygen atoms in total. The third-order valence-electron chi connectivity index (χ3n) is 4.99. The number of hydrogen-bond donors (Lipinski definition) is 1. The lowest BCUT2D eigenvalue weighted by molar-refractivity contribution is 0.203. The predicted molar refractivity (Wildman–Crippen MR) is 85.6 cm³/mol. The van der Waals surface area contributed by atoms with E-state index < -0.39 is 0 Å². The molecule has 0 amide bonds. The fourth-order valence-electron chi connectivity index (χ4n) is 3.80. The normalized spacial score (nSPS) is 25.3. The third kappa shape index (κ3) is 3.23. The maximum atomic E-state index is 6.08. The van der Waals surface area contributed by atoms with Gasteiger partial charge in [-0.15, -0.1) is 0 Å². The number of nitrogens with two attached hydrogens (primary N) is 1. The minimum absolute atomic E-state index is 0.313. The summed E-state index contributed by atoms with van der Waals surface area (Å²) < 4.78 is 5.35. The lowest BCUT2D eigenvalue weighted by Gasteiger charge is -2.29. The van der Waals surface area contributed by atoms with Crippen molar-refractivity contribution in [1.82, 2.24) is 9.80 Å².